The number of nitrogens with zero attached hydrogens (tertiary/aromatic N) is 2. The van der Waals surface area contributed by atoms with Gasteiger partial charge in [-0.15, -0.1) is 11.3 Å². The molecule has 28 heavy (non-hydrogen) atoms. The van der Waals surface area contributed by atoms with Crippen molar-refractivity contribution in [3.05, 3.63) is 58.4 Å². The van der Waals surface area contributed by atoms with E-state index in [1.54, 1.807) is 7.05 Å². The lowest BCUT2D eigenvalue weighted by atomic mass is 10.1. The quantitative estimate of drug-likeness (QED) is 0.691. The van der Waals surface area contributed by atoms with Gasteiger partial charge in [-0.05, 0) is 24.3 Å². The Kier molecular flexibility index (Phi) is 5.62. The second-order valence-corrected chi connectivity index (χ2v) is 7.69. The Balaban J connectivity index is 1.76. The van der Waals surface area contributed by atoms with E-state index in [9.17, 15) is 4.79 Å². The summed E-state index contributed by atoms with van der Waals surface area (Å²) in [5.41, 5.74) is 4.20. The van der Waals surface area contributed by atoms with Gasteiger partial charge >= 0.3 is 0 Å². The van der Waals surface area contributed by atoms with E-state index in [0.29, 0.717) is 23.8 Å². The molecule has 0 saturated carbocycles. The monoisotopic (exact) mass is 413 g/mol. The van der Waals surface area contributed by atoms with Gasteiger partial charge in [0.05, 0.1) is 18.9 Å². The largest absolute Gasteiger partial charge is 0.378 e. The lowest BCUT2D eigenvalue weighted by Crippen LogP contribution is -2.36. The van der Waals surface area contributed by atoms with Crippen molar-refractivity contribution < 1.29 is 9.53 Å². The number of benzene rings is 2. The van der Waals surface area contributed by atoms with Gasteiger partial charge in [-0.1, -0.05) is 29.8 Å². The van der Waals surface area contributed by atoms with E-state index in [1.165, 1.54) is 11.3 Å². The van der Waals surface area contributed by atoms with Crippen LogP contribution in [0, 0.1) is 0 Å². The summed E-state index contributed by atoms with van der Waals surface area (Å²) in [5.74, 6) is -0.127. The Morgan fingerprint density at radius 2 is 1.96 bits per heavy atom. The molecule has 0 atom stereocenters. The average Bonchev–Trinajstić information content (AvgIpc) is 3.23. The van der Waals surface area contributed by atoms with Gasteiger partial charge in [-0.3, -0.25) is 4.79 Å². The molecule has 4 rings (SSSR count). The molecule has 1 aliphatic heterocycles. The zero-order valence-electron chi connectivity index (χ0n) is 15.4. The second kappa shape index (κ2) is 8.31. The third kappa shape index (κ3) is 3.76. The number of nitrogens with one attached hydrogen (secondary N) is 1. The number of thiazole rings is 1. The van der Waals surface area contributed by atoms with Crippen LogP contribution < -0.4 is 10.2 Å². The van der Waals surface area contributed by atoms with Crippen molar-refractivity contribution in [1.82, 2.24) is 10.3 Å². The van der Waals surface area contributed by atoms with E-state index in [1.807, 2.05) is 47.8 Å². The van der Waals surface area contributed by atoms with Crippen LogP contribution in [0.2, 0.25) is 5.02 Å². The number of carbonyl (C=O) groups excluding carboxylic acids is 1. The van der Waals surface area contributed by atoms with Crippen molar-refractivity contribution in [1.29, 1.82) is 0 Å². The number of hydrogen-bond donors (Lipinski definition) is 1. The topological polar surface area (TPSA) is 54.5 Å². The number of aromatic nitrogens is 1. The molecule has 2 aromatic carbocycles. The maximum Gasteiger partial charge on any atom is 0.251 e. The fourth-order valence-corrected chi connectivity index (χ4v) is 4.33. The fraction of sp³-hybridized carbons (Fsp3) is 0.238. The van der Waals surface area contributed by atoms with Crippen molar-refractivity contribution in [2.45, 2.75) is 0 Å². The number of halogens is 1. The smallest absolute Gasteiger partial charge is 0.251 e. The summed E-state index contributed by atoms with van der Waals surface area (Å²) in [4.78, 5) is 19.5. The molecule has 0 radical (unpaired) electrons. The number of ether oxygens (including phenoxy) is 1. The van der Waals surface area contributed by atoms with E-state index in [0.717, 1.165) is 40.6 Å². The fourth-order valence-electron chi connectivity index (χ4n) is 3.25. The summed E-state index contributed by atoms with van der Waals surface area (Å²) in [6.07, 6.45) is 0. The molecule has 0 aliphatic carbocycles. The van der Waals surface area contributed by atoms with Gasteiger partial charge in [0.25, 0.3) is 5.91 Å². The molecule has 1 saturated heterocycles. The van der Waals surface area contributed by atoms with Crippen molar-refractivity contribution in [2.24, 2.45) is 0 Å². The zero-order chi connectivity index (χ0) is 19.5. The van der Waals surface area contributed by atoms with E-state index < -0.39 is 0 Å². The maximum absolute atomic E-state index is 12.4. The van der Waals surface area contributed by atoms with Crippen LogP contribution in [-0.4, -0.2) is 44.2 Å². The number of amides is 1. The number of carbonyl (C=O) groups is 1. The van der Waals surface area contributed by atoms with E-state index in [4.69, 9.17) is 21.3 Å². The number of hydrogen-bond acceptors (Lipinski definition) is 5. The van der Waals surface area contributed by atoms with Crippen LogP contribution in [-0.2, 0) is 4.74 Å². The van der Waals surface area contributed by atoms with Gasteiger partial charge in [-0.2, -0.15) is 0 Å². The summed E-state index contributed by atoms with van der Waals surface area (Å²) >= 11 is 7.84. The maximum atomic E-state index is 12.4. The normalized spacial score (nSPS) is 14.1. The van der Waals surface area contributed by atoms with E-state index in [-0.39, 0.29) is 5.91 Å². The minimum absolute atomic E-state index is 0.127. The zero-order valence-corrected chi connectivity index (χ0v) is 17.0. The van der Waals surface area contributed by atoms with Crippen LogP contribution >= 0.6 is 22.9 Å². The summed E-state index contributed by atoms with van der Waals surface area (Å²) in [7, 11) is 1.64. The highest BCUT2D eigenvalue weighted by Crippen LogP contribution is 2.35. The van der Waals surface area contributed by atoms with Gasteiger partial charge in [-0.25, -0.2) is 4.98 Å². The Bertz CT molecular complexity index is 999. The van der Waals surface area contributed by atoms with Crippen molar-refractivity contribution in [2.75, 3.05) is 38.3 Å². The predicted molar refractivity (Wildman–Crippen MR) is 114 cm³/mol. The van der Waals surface area contributed by atoms with Crippen molar-refractivity contribution in [3.63, 3.8) is 0 Å². The number of morpholine rings is 1. The summed E-state index contributed by atoms with van der Waals surface area (Å²) in [6.45, 7) is 3.09. The molecule has 3 aromatic rings. The standard InChI is InChI=1S/C21H20ClN3O2S/c1-23-20(26)15-7-6-14(25-8-10-27-11-9-25)12-17(15)21-24-19(13-28-21)16-4-2-3-5-18(16)22/h2-7,12-13H,8-11H2,1H3,(H,23,26). The highest BCUT2D eigenvalue weighted by molar-refractivity contribution is 7.13. The third-order valence-corrected chi connectivity index (χ3v) is 5.94. The molecule has 144 valence electrons. The molecule has 1 N–H and O–H groups in total. The molecule has 1 aliphatic rings. The first kappa shape index (κ1) is 18.9. The molecule has 0 unspecified atom stereocenters. The summed E-state index contributed by atoms with van der Waals surface area (Å²) in [5, 5.41) is 6.15. The van der Waals surface area contributed by atoms with Crippen LogP contribution in [0.15, 0.2) is 47.8 Å². The first-order valence-corrected chi connectivity index (χ1v) is 10.3. The Labute approximate surface area is 172 Å². The minimum atomic E-state index is -0.127. The number of rotatable bonds is 4. The molecular weight excluding hydrogens is 394 g/mol. The van der Waals surface area contributed by atoms with Gasteiger partial charge in [0.1, 0.15) is 5.01 Å². The van der Waals surface area contributed by atoms with Gasteiger partial charge in [0.15, 0.2) is 0 Å². The Hall–Kier alpha value is -2.41. The summed E-state index contributed by atoms with van der Waals surface area (Å²) < 4.78 is 5.45. The molecule has 1 fully saturated rings. The first-order chi connectivity index (χ1) is 13.7. The molecule has 5 nitrogen and oxygen atoms in total. The molecule has 0 bridgehead atoms. The van der Waals surface area contributed by atoms with Gasteiger partial charge < -0.3 is 15.0 Å². The van der Waals surface area contributed by atoms with E-state index >= 15 is 0 Å². The molecule has 1 amide bonds. The lowest BCUT2D eigenvalue weighted by Gasteiger charge is -2.29. The Morgan fingerprint density at radius 1 is 1.18 bits per heavy atom. The summed E-state index contributed by atoms with van der Waals surface area (Å²) in [6, 6.07) is 13.5. The number of anilines is 1. The van der Waals surface area contributed by atoms with Crippen LogP contribution in [0.4, 0.5) is 5.69 Å². The van der Waals surface area contributed by atoms with Crippen LogP contribution in [0.1, 0.15) is 10.4 Å². The highest BCUT2D eigenvalue weighted by Gasteiger charge is 2.19. The van der Waals surface area contributed by atoms with Gasteiger partial charge in [0.2, 0.25) is 0 Å². The van der Waals surface area contributed by atoms with Crippen molar-refractivity contribution >= 4 is 34.5 Å². The van der Waals surface area contributed by atoms with Gasteiger partial charge in [0, 0.05) is 52.9 Å². The van der Waals surface area contributed by atoms with E-state index in [2.05, 4.69) is 10.2 Å². The van der Waals surface area contributed by atoms with Crippen LogP contribution in [0.25, 0.3) is 21.8 Å². The highest BCUT2D eigenvalue weighted by atomic mass is 35.5. The predicted octanol–water partition coefficient (Wildman–Crippen LogP) is 4.33. The molecule has 2 heterocycles. The first-order valence-electron chi connectivity index (χ1n) is 9.07. The Morgan fingerprint density at radius 3 is 2.71 bits per heavy atom. The van der Waals surface area contributed by atoms with Crippen molar-refractivity contribution in [3.8, 4) is 21.8 Å². The average molecular weight is 414 g/mol. The van der Waals surface area contributed by atoms with Crippen LogP contribution in [0.3, 0.4) is 0 Å². The second-order valence-electron chi connectivity index (χ2n) is 6.43. The SMILES string of the molecule is CNC(=O)c1ccc(N2CCOCC2)cc1-c1nc(-c2ccccc2Cl)cs1. The molecule has 1 aromatic heterocycles. The third-order valence-electron chi connectivity index (χ3n) is 4.74. The molecule has 7 heteroatoms. The molecule has 0 spiro atoms. The lowest BCUT2D eigenvalue weighted by molar-refractivity contribution is 0.0963. The molecular formula is C21H20ClN3O2S. The van der Waals surface area contributed by atoms with Crippen LogP contribution in [0.5, 0.6) is 0 Å². The minimum Gasteiger partial charge on any atom is -0.378 e.